The van der Waals surface area contributed by atoms with Crippen molar-refractivity contribution in [1.82, 2.24) is 20.2 Å². The number of anilines is 1. The zero-order valence-electron chi connectivity index (χ0n) is 19.5. The highest BCUT2D eigenvalue weighted by molar-refractivity contribution is 6.16. The molecule has 1 N–H and O–H groups in total. The average Bonchev–Trinajstić information content (AvgIpc) is 3.48. The van der Waals surface area contributed by atoms with E-state index in [1.807, 2.05) is 54.6 Å². The smallest absolute Gasteiger partial charge is 0.357 e. The summed E-state index contributed by atoms with van der Waals surface area (Å²) in [5.74, 6) is -0.473. The van der Waals surface area contributed by atoms with Gasteiger partial charge in [0.25, 0.3) is 5.91 Å². The number of rotatable bonds is 7. The summed E-state index contributed by atoms with van der Waals surface area (Å²) in [6, 6.07) is 20.3. The van der Waals surface area contributed by atoms with Gasteiger partial charge in [0.15, 0.2) is 18.1 Å². The Morgan fingerprint density at radius 1 is 1.03 bits per heavy atom. The number of fused-ring (bicyclic) bond motifs is 3. The van der Waals surface area contributed by atoms with Gasteiger partial charge in [0.05, 0.1) is 12.8 Å². The number of hydrogen-bond donors (Lipinski definition) is 1. The van der Waals surface area contributed by atoms with E-state index in [1.54, 1.807) is 25.1 Å². The fourth-order valence-corrected chi connectivity index (χ4v) is 3.78. The Morgan fingerprint density at radius 3 is 2.56 bits per heavy atom. The molecule has 180 valence electrons. The third-order valence-corrected chi connectivity index (χ3v) is 5.47. The number of nitrogens with zero attached hydrogens (tertiary/aromatic N) is 4. The maximum Gasteiger partial charge on any atom is 0.357 e. The topological polar surface area (TPSA) is 121 Å². The lowest BCUT2D eigenvalue weighted by atomic mass is 10.1. The Kier molecular flexibility index (Phi) is 6.14. The molecule has 36 heavy (non-hydrogen) atoms. The lowest BCUT2D eigenvalue weighted by molar-refractivity contribution is -0.141. The molecule has 0 radical (unpaired) electrons. The summed E-state index contributed by atoms with van der Waals surface area (Å²) in [5, 5.41) is 15.8. The minimum Gasteiger partial charge on any atom is -0.495 e. The van der Waals surface area contributed by atoms with Gasteiger partial charge < -0.3 is 19.2 Å². The number of carbonyl (C=O) groups is 2. The zero-order valence-corrected chi connectivity index (χ0v) is 19.5. The summed E-state index contributed by atoms with van der Waals surface area (Å²) in [5.41, 5.74) is 2.51. The number of tetrazole rings is 1. The molecule has 0 saturated heterocycles. The molecule has 5 rings (SSSR count). The van der Waals surface area contributed by atoms with Crippen molar-refractivity contribution in [3.05, 3.63) is 78.1 Å². The van der Waals surface area contributed by atoms with Gasteiger partial charge in [-0.05, 0) is 41.1 Å². The number of aromatic nitrogens is 4. The van der Waals surface area contributed by atoms with Crippen molar-refractivity contribution in [2.75, 3.05) is 19.0 Å². The first-order valence-electron chi connectivity index (χ1n) is 11.0. The van der Waals surface area contributed by atoms with E-state index in [-0.39, 0.29) is 5.70 Å². The number of amides is 1. The molecule has 10 nitrogen and oxygen atoms in total. The maximum absolute atomic E-state index is 12.9. The summed E-state index contributed by atoms with van der Waals surface area (Å²) in [4.78, 5) is 25.6. The Morgan fingerprint density at radius 2 is 1.81 bits per heavy atom. The number of methoxy groups -OCH3 is 1. The highest BCUT2D eigenvalue weighted by atomic mass is 16.5. The van der Waals surface area contributed by atoms with Crippen LogP contribution < -0.4 is 10.1 Å². The van der Waals surface area contributed by atoms with Crippen molar-refractivity contribution >= 4 is 51.3 Å². The van der Waals surface area contributed by atoms with Crippen LogP contribution in [-0.4, -0.2) is 45.8 Å². The summed E-state index contributed by atoms with van der Waals surface area (Å²) in [7, 11) is 1.51. The number of benzene rings is 3. The number of para-hydroxylation sites is 1. The number of nitrogens with one attached hydrogen (secondary N) is 1. The Labute approximate surface area is 205 Å². The van der Waals surface area contributed by atoms with Crippen molar-refractivity contribution in [3.8, 4) is 5.75 Å². The summed E-state index contributed by atoms with van der Waals surface area (Å²) in [6.45, 7) is 1.12. The second-order valence-corrected chi connectivity index (χ2v) is 7.85. The third kappa shape index (κ3) is 4.51. The van der Waals surface area contributed by atoms with Gasteiger partial charge in [-0.1, -0.05) is 48.5 Å². The van der Waals surface area contributed by atoms with Crippen molar-refractivity contribution in [2.45, 2.75) is 6.92 Å². The predicted octanol–water partition coefficient (Wildman–Crippen LogP) is 4.07. The van der Waals surface area contributed by atoms with E-state index in [9.17, 15) is 9.59 Å². The molecule has 0 unspecified atom stereocenters. The molecule has 0 fully saturated rings. The van der Waals surface area contributed by atoms with Crippen LogP contribution in [0, 0.1) is 6.92 Å². The van der Waals surface area contributed by atoms with Gasteiger partial charge in [-0.15, -0.1) is 5.10 Å². The first kappa shape index (κ1) is 22.8. The number of ether oxygens (including phenoxy) is 2. The minimum atomic E-state index is -0.760. The van der Waals surface area contributed by atoms with Crippen LogP contribution in [0.25, 0.3) is 33.7 Å². The van der Waals surface area contributed by atoms with Crippen LogP contribution in [0.4, 0.5) is 5.69 Å². The Hall–Kier alpha value is -4.99. The molecule has 5 aromatic rings. The molecule has 1 amide bonds. The van der Waals surface area contributed by atoms with Gasteiger partial charge in [0.1, 0.15) is 16.9 Å². The molecule has 10 heteroatoms. The van der Waals surface area contributed by atoms with Crippen LogP contribution in [0.1, 0.15) is 11.4 Å². The molecule has 2 heterocycles. The summed E-state index contributed by atoms with van der Waals surface area (Å²) < 4.78 is 17.9. The van der Waals surface area contributed by atoms with Crippen LogP contribution >= 0.6 is 0 Å². The monoisotopic (exact) mass is 483 g/mol. The molecular formula is C26H21N5O5. The van der Waals surface area contributed by atoms with Crippen molar-refractivity contribution in [2.24, 2.45) is 0 Å². The first-order valence-corrected chi connectivity index (χ1v) is 11.0. The van der Waals surface area contributed by atoms with Gasteiger partial charge >= 0.3 is 5.97 Å². The van der Waals surface area contributed by atoms with Crippen LogP contribution in [0.5, 0.6) is 5.75 Å². The Balaban J connectivity index is 1.34. The number of esters is 1. The van der Waals surface area contributed by atoms with E-state index in [2.05, 4.69) is 20.8 Å². The standard InChI is InChI=1S/C26H21N5O5/c1-16-28-29-30-31(16)21(12-17-8-4-3-5-9-17)26(33)35-15-25(32)27-20-14-23-19(13-24(20)34-2)18-10-6-7-11-22(18)36-23/h3-14H,15H2,1-2H3,(H,27,32)/b21-12+. The van der Waals surface area contributed by atoms with Crippen molar-refractivity contribution in [3.63, 3.8) is 0 Å². The van der Waals surface area contributed by atoms with Gasteiger partial charge in [-0.25, -0.2) is 4.79 Å². The average molecular weight is 483 g/mol. The van der Waals surface area contributed by atoms with E-state index < -0.39 is 18.5 Å². The number of aryl methyl sites for hydroxylation is 1. The number of furan rings is 1. The molecule has 0 aliphatic rings. The number of carbonyl (C=O) groups excluding carboxylic acids is 2. The van der Waals surface area contributed by atoms with Crippen LogP contribution in [0.15, 0.2) is 71.1 Å². The maximum atomic E-state index is 12.9. The molecule has 0 spiro atoms. The minimum absolute atomic E-state index is 0.0674. The first-order chi connectivity index (χ1) is 17.5. The van der Waals surface area contributed by atoms with E-state index in [1.165, 1.54) is 11.8 Å². The largest absolute Gasteiger partial charge is 0.495 e. The highest BCUT2D eigenvalue weighted by Crippen LogP contribution is 2.36. The zero-order chi connectivity index (χ0) is 25.1. The van der Waals surface area contributed by atoms with Crippen molar-refractivity contribution < 1.29 is 23.5 Å². The quantitative estimate of drug-likeness (QED) is 0.272. The Bertz CT molecular complexity index is 1600. The predicted molar refractivity (Wildman–Crippen MR) is 133 cm³/mol. The van der Waals surface area contributed by atoms with Crippen LogP contribution in [-0.2, 0) is 14.3 Å². The van der Waals surface area contributed by atoms with Crippen molar-refractivity contribution in [1.29, 1.82) is 0 Å². The van der Waals surface area contributed by atoms with E-state index in [4.69, 9.17) is 13.9 Å². The van der Waals surface area contributed by atoms with Gasteiger partial charge in [-0.2, -0.15) is 4.68 Å². The van der Waals surface area contributed by atoms with Gasteiger partial charge in [0.2, 0.25) is 0 Å². The molecule has 2 aromatic heterocycles. The summed E-state index contributed by atoms with van der Waals surface area (Å²) >= 11 is 0. The third-order valence-electron chi connectivity index (χ3n) is 5.47. The molecule has 3 aromatic carbocycles. The van der Waals surface area contributed by atoms with Crippen LogP contribution in [0.3, 0.4) is 0 Å². The fraction of sp³-hybridized carbons (Fsp3) is 0.115. The molecular weight excluding hydrogens is 462 g/mol. The molecule has 0 saturated carbocycles. The highest BCUT2D eigenvalue weighted by Gasteiger charge is 2.20. The number of hydrogen-bond acceptors (Lipinski definition) is 8. The molecule has 0 atom stereocenters. The van der Waals surface area contributed by atoms with Crippen LogP contribution in [0.2, 0.25) is 0 Å². The van der Waals surface area contributed by atoms with Gasteiger partial charge in [-0.3, -0.25) is 4.79 Å². The SMILES string of the molecule is COc1cc2c(cc1NC(=O)COC(=O)/C(=C\c1ccccc1)n1nnnc1C)oc1ccccc12. The van der Waals surface area contributed by atoms with E-state index >= 15 is 0 Å². The summed E-state index contributed by atoms with van der Waals surface area (Å²) in [6.07, 6.45) is 1.59. The fourth-order valence-electron chi connectivity index (χ4n) is 3.78. The molecule has 0 aliphatic heterocycles. The second kappa shape index (κ2) is 9.71. The lowest BCUT2D eigenvalue weighted by Crippen LogP contribution is -2.23. The second-order valence-electron chi connectivity index (χ2n) is 7.85. The lowest BCUT2D eigenvalue weighted by Gasteiger charge is -2.12. The normalized spacial score (nSPS) is 11.6. The molecule has 0 bridgehead atoms. The molecule has 0 aliphatic carbocycles. The van der Waals surface area contributed by atoms with Gasteiger partial charge in [0, 0.05) is 16.8 Å². The van der Waals surface area contributed by atoms with E-state index in [0.29, 0.717) is 22.8 Å². The van der Waals surface area contributed by atoms with E-state index in [0.717, 1.165) is 21.9 Å².